The average Bonchev–Trinajstić information content (AvgIpc) is 2.53. The van der Waals surface area contributed by atoms with Gasteiger partial charge in [-0.3, -0.25) is 0 Å². The van der Waals surface area contributed by atoms with E-state index in [0.717, 1.165) is 37.6 Å². The standard InChI is InChI=1S/C18H21ClN2/c1-2-20-12-16-17(19)8-5-9-18(16)21-11-10-14-6-3-4-7-15(14)13-21/h3-9,20H,2,10-13H2,1H3. The van der Waals surface area contributed by atoms with Crippen molar-refractivity contribution in [2.75, 3.05) is 18.0 Å². The predicted molar refractivity (Wildman–Crippen MR) is 90.0 cm³/mol. The van der Waals surface area contributed by atoms with Crippen LogP contribution >= 0.6 is 11.6 Å². The molecule has 0 fully saturated rings. The van der Waals surface area contributed by atoms with Crippen molar-refractivity contribution in [3.8, 4) is 0 Å². The summed E-state index contributed by atoms with van der Waals surface area (Å²) in [7, 11) is 0. The van der Waals surface area contributed by atoms with E-state index in [1.807, 2.05) is 12.1 Å². The van der Waals surface area contributed by atoms with Gasteiger partial charge in [-0.2, -0.15) is 0 Å². The maximum atomic E-state index is 6.42. The van der Waals surface area contributed by atoms with Crippen molar-refractivity contribution >= 4 is 17.3 Å². The van der Waals surface area contributed by atoms with Crippen molar-refractivity contribution in [2.45, 2.75) is 26.4 Å². The third kappa shape index (κ3) is 3.07. The normalized spacial score (nSPS) is 14.1. The lowest BCUT2D eigenvalue weighted by Crippen LogP contribution is -2.31. The highest BCUT2D eigenvalue weighted by atomic mass is 35.5. The Kier molecular flexibility index (Phi) is 4.47. The highest BCUT2D eigenvalue weighted by molar-refractivity contribution is 6.31. The van der Waals surface area contributed by atoms with Gasteiger partial charge in [0.25, 0.3) is 0 Å². The molecule has 0 saturated heterocycles. The molecule has 1 aliphatic rings. The fourth-order valence-corrected chi connectivity index (χ4v) is 3.21. The summed E-state index contributed by atoms with van der Waals surface area (Å²) < 4.78 is 0. The Bertz CT molecular complexity index is 624. The molecule has 2 aromatic carbocycles. The van der Waals surface area contributed by atoms with Gasteiger partial charge in [-0.25, -0.2) is 0 Å². The molecule has 0 saturated carbocycles. The van der Waals surface area contributed by atoms with Gasteiger partial charge in [-0.05, 0) is 36.2 Å². The van der Waals surface area contributed by atoms with Gasteiger partial charge in [0.2, 0.25) is 0 Å². The molecule has 0 unspecified atom stereocenters. The molecule has 0 radical (unpaired) electrons. The lowest BCUT2D eigenvalue weighted by atomic mass is 9.98. The highest BCUT2D eigenvalue weighted by Crippen LogP contribution is 2.31. The Morgan fingerprint density at radius 3 is 2.71 bits per heavy atom. The largest absolute Gasteiger partial charge is 0.367 e. The number of hydrogen-bond acceptors (Lipinski definition) is 2. The maximum Gasteiger partial charge on any atom is 0.0471 e. The van der Waals surface area contributed by atoms with E-state index >= 15 is 0 Å². The summed E-state index contributed by atoms with van der Waals surface area (Å²) in [5, 5.41) is 4.25. The van der Waals surface area contributed by atoms with E-state index in [9.17, 15) is 0 Å². The third-order valence-corrected chi connectivity index (χ3v) is 4.47. The molecule has 1 aliphatic heterocycles. The second-order valence-corrected chi connectivity index (χ2v) is 5.87. The number of benzene rings is 2. The van der Waals surface area contributed by atoms with Gasteiger partial charge in [0, 0.05) is 35.9 Å². The summed E-state index contributed by atoms with van der Waals surface area (Å²) >= 11 is 6.42. The quantitative estimate of drug-likeness (QED) is 0.918. The van der Waals surface area contributed by atoms with Crippen LogP contribution in [0.5, 0.6) is 0 Å². The lowest BCUT2D eigenvalue weighted by Gasteiger charge is -2.32. The van der Waals surface area contributed by atoms with Crippen LogP contribution in [0, 0.1) is 0 Å². The van der Waals surface area contributed by atoms with E-state index in [2.05, 4.69) is 47.5 Å². The molecule has 3 heteroatoms. The van der Waals surface area contributed by atoms with E-state index in [0.29, 0.717) is 0 Å². The van der Waals surface area contributed by atoms with Gasteiger partial charge in [-0.15, -0.1) is 0 Å². The Morgan fingerprint density at radius 1 is 1.10 bits per heavy atom. The van der Waals surface area contributed by atoms with Crippen molar-refractivity contribution < 1.29 is 0 Å². The molecule has 0 bridgehead atoms. The Balaban J connectivity index is 1.89. The summed E-state index contributed by atoms with van der Waals surface area (Å²) in [6.07, 6.45) is 1.10. The van der Waals surface area contributed by atoms with E-state index in [1.54, 1.807) is 0 Å². The number of nitrogens with zero attached hydrogens (tertiary/aromatic N) is 1. The van der Waals surface area contributed by atoms with Crippen LogP contribution in [0.1, 0.15) is 23.6 Å². The summed E-state index contributed by atoms with van der Waals surface area (Å²) in [4.78, 5) is 2.45. The molecule has 0 spiro atoms. The summed E-state index contributed by atoms with van der Waals surface area (Å²) in [6.45, 7) is 5.91. The molecule has 0 aromatic heterocycles. The maximum absolute atomic E-state index is 6.42. The second kappa shape index (κ2) is 6.50. The highest BCUT2D eigenvalue weighted by Gasteiger charge is 2.19. The zero-order valence-corrected chi connectivity index (χ0v) is 13.2. The SMILES string of the molecule is CCNCc1c(Cl)cccc1N1CCc2ccccc2C1. The number of rotatable bonds is 4. The number of anilines is 1. The zero-order chi connectivity index (χ0) is 14.7. The predicted octanol–water partition coefficient (Wildman–Crippen LogP) is 4.01. The molecular formula is C18H21ClN2. The third-order valence-electron chi connectivity index (χ3n) is 4.12. The fourth-order valence-electron chi connectivity index (χ4n) is 2.97. The Hall–Kier alpha value is -1.51. The summed E-state index contributed by atoms with van der Waals surface area (Å²) in [6, 6.07) is 14.9. The van der Waals surface area contributed by atoms with Crippen LogP contribution in [0.25, 0.3) is 0 Å². The second-order valence-electron chi connectivity index (χ2n) is 5.46. The number of hydrogen-bond donors (Lipinski definition) is 1. The van der Waals surface area contributed by atoms with Crippen LogP contribution in [0.4, 0.5) is 5.69 Å². The van der Waals surface area contributed by atoms with E-state index in [1.165, 1.54) is 22.4 Å². The number of nitrogens with one attached hydrogen (secondary N) is 1. The molecule has 21 heavy (non-hydrogen) atoms. The number of fused-ring (bicyclic) bond motifs is 1. The molecule has 0 atom stereocenters. The van der Waals surface area contributed by atoms with E-state index in [4.69, 9.17) is 11.6 Å². The van der Waals surface area contributed by atoms with Gasteiger partial charge in [0.05, 0.1) is 0 Å². The monoisotopic (exact) mass is 300 g/mol. The first kappa shape index (κ1) is 14.4. The minimum Gasteiger partial charge on any atom is -0.367 e. The molecular weight excluding hydrogens is 280 g/mol. The first-order valence-corrected chi connectivity index (χ1v) is 7.97. The first-order valence-electron chi connectivity index (χ1n) is 7.59. The van der Waals surface area contributed by atoms with Crippen molar-refractivity contribution in [3.05, 3.63) is 64.2 Å². The van der Waals surface area contributed by atoms with Crippen LogP contribution in [0.15, 0.2) is 42.5 Å². The van der Waals surface area contributed by atoms with Crippen LogP contribution in [0.3, 0.4) is 0 Å². The van der Waals surface area contributed by atoms with Crippen molar-refractivity contribution in [1.82, 2.24) is 5.32 Å². The zero-order valence-electron chi connectivity index (χ0n) is 12.4. The smallest absolute Gasteiger partial charge is 0.0471 e. The van der Waals surface area contributed by atoms with Crippen molar-refractivity contribution in [2.24, 2.45) is 0 Å². The summed E-state index contributed by atoms with van der Waals surface area (Å²) in [5.74, 6) is 0. The Morgan fingerprint density at radius 2 is 1.90 bits per heavy atom. The molecule has 110 valence electrons. The molecule has 1 heterocycles. The van der Waals surface area contributed by atoms with Gasteiger partial charge < -0.3 is 10.2 Å². The van der Waals surface area contributed by atoms with Gasteiger partial charge in [-0.1, -0.05) is 48.9 Å². The summed E-state index contributed by atoms with van der Waals surface area (Å²) in [5.41, 5.74) is 5.38. The van der Waals surface area contributed by atoms with Crippen LogP contribution in [-0.4, -0.2) is 13.1 Å². The molecule has 1 N–H and O–H groups in total. The van der Waals surface area contributed by atoms with Gasteiger partial charge in [0.15, 0.2) is 0 Å². The Labute approximate surface area is 131 Å². The van der Waals surface area contributed by atoms with E-state index < -0.39 is 0 Å². The molecule has 2 aromatic rings. The minimum absolute atomic E-state index is 0.823. The number of halogens is 1. The van der Waals surface area contributed by atoms with Crippen molar-refractivity contribution in [1.29, 1.82) is 0 Å². The topological polar surface area (TPSA) is 15.3 Å². The fraction of sp³-hybridized carbons (Fsp3) is 0.333. The van der Waals surface area contributed by atoms with Gasteiger partial charge in [0.1, 0.15) is 0 Å². The van der Waals surface area contributed by atoms with Crippen molar-refractivity contribution in [3.63, 3.8) is 0 Å². The van der Waals surface area contributed by atoms with Crippen LogP contribution in [0.2, 0.25) is 5.02 Å². The van der Waals surface area contributed by atoms with Crippen LogP contribution < -0.4 is 10.2 Å². The van der Waals surface area contributed by atoms with E-state index in [-0.39, 0.29) is 0 Å². The lowest BCUT2D eigenvalue weighted by molar-refractivity contribution is 0.700. The molecule has 0 amide bonds. The first-order chi connectivity index (χ1) is 10.3. The molecule has 0 aliphatic carbocycles. The van der Waals surface area contributed by atoms with Gasteiger partial charge >= 0.3 is 0 Å². The molecule has 3 rings (SSSR count). The van der Waals surface area contributed by atoms with Crippen LogP contribution in [-0.2, 0) is 19.5 Å². The minimum atomic E-state index is 0.823. The molecule has 2 nitrogen and oxygen atoms in total. The average molecular weight is 301 g/mol.